The molecule has 0 atom stereocenters. The number of pyridine rings is 1. The van der Waals surface area contributed by atoms with Crippen LogP contribution in [0.15, 0.2) is 46.7 Å². The lowest BCUT2D eigenvalue weighted by molar-refractivity contribution is 0.0853. The lowest BCUT2D eigenvalue weighted by atomic mass is 9.90. The molecule has 3 heterocycles. The summed E-state index contributed by atoms with van der Waals surface area (Å²) in [5, 5.41) is 9.16. The number of hydrogen-bond donors (Lipinski definition) is 4. The Bertz CT molecular complexity index is 969. The second kappa shape index (κ2) is 7.24. The molecule has 1 aromatic heterocycles. The lowest BCUT2D eigenvalue weighted by Crippen LogP contribution is -2.36. The van der Waals surface area contributed by atoms with Crippen molar-refractivity contribution in [3.8, 4) is 11.1 Å². The number of amidine groups is 1. The quantitative estimate of drug-likeness (QED) is 0.602. The van der Waals surface area contributed by atoms with Crippen molar-refractivity contribution in [2.75, 3.05) is 13.2 Å². The highest BCUT2D eigenvalue weighted by Crippen LogP contribution is 2.31. The number of sulfonamides is 1. The van der Waals surface area contributed by atoms with Crippen molar-refractivity contribution in [2.24, 2.45) is 10.2 Å². The molecule has 0 aliphatic carbocycles. The number of nitrogens with zero attached hydrogens (tertiary/aromatic N) is 2. The van der Waals surface area contributed by atoms with Gasteiger partial charge in [-0.15, -0.1) is 10.6 Å². The highest BCUT2D eigenvalue weighted by Gasteiger charge is 2.25. The van der Waals surface area contributed by atoms with Crippen LogP contribution >= 0.6 is 0 Å². The van der Waals surface area contributed by atoms with Gasteiger partial charge in [0.05, 0.1) is 5.56 Å². The van der Waals surface area contributed by atoms with Gasteiger partial charge in [0.15, 0.2) is 10.9 Å². The van der Waals surface area contributed by atoms with Gasteiger partial charge in [0.25, 0.3) is 10.0 Å². The van der Waals surface area contributed by atoms with E-state index in [1.54, 1.807) is 6.07 Å². The number of rotatable bonds is 4. The van der Waals surface area contributed by atoms with Crippen molar-refractivity contribution in [3.63, 3.8) is 0 Å². The Morgan fingerprint density at radius 2 is 1.85 bits per heavy atom. The zero-order valence-electron chi connectivity index (χ0n) is 14.5. The second-order valence-electron chi connectivity index (χ2n) is 6.41. The van der Waals surface area contributed by atoms with E-state index in [-0.39, 0.29) is 5.03 Å². The third-order valence-electron chi connectivity index (χ3n) is 4.74. The molecule has 5 N–H and O–H groups in total. The number of hydrogen-bond acceptors (Lipinski definition) is 8. The molecule has 4 rings (SSSR count). The maximum atomic E-state index is 12.0. The largest absolute Gasteiger partial charge is 0.381 e. The molecule has 27 heavy (non-hydrogen) atoms. The standard InChI is InChI=1S/C17H20N6O3S/c18-27(24,25)17-15(16-20-22-23-21-16)14(5-8-19-17)13-3-1-11(2-4-13)12-6-9-26-10-7-12/h1-5,8,12,22-23H,6-7,9-10H2,(H,20,21)(H2,18,24,25). The summed E-state index contributed by atoms with van der Waals surface area (Å²) in [7, 11) is -4.03. The van der Waals surface area contributed by atoms with Gasteiger partial charge in [-0.2, -0.15) is 0 Å². The first-order chi connectivity index (χ1) is 13.0. The van der Waals surface area contributed by atoms with Crippen molar-refractivity contribution in [3.05, 3.63) is 47.7 Å². The highest BCUT2D eigenvalue weighted by atomic mass is 32.2. The number of nitrogens with two attached hydrogens (primary N) is 1. The Hall–Kier alpha value is -2.53. The molecule has 1 aromatic carbocycles. The van der Waals surface area contributed by atoms with E-state index >= 15 is 0 Å². The average Bonchev–Trinajstić information content (AvgIpc) is 3.22. The van der Waals surface area contributed by atoms with Crippen molar-refractivity contribution < 1.29 is 13.2 Å². The minimum atomic E-state index is -4.03. The minimum Gasteiger partial charge on any atom is -0.381 e. The topological polar surface area (TPSA) is 131 Å². The zero-order chi connectivity index (χ0) is 18.9. The molecule has 2 aromatic rings. The summed E-state index contributed by atoms with van der Waals surface area (Å²) < 4.78 is 29.5. The van der Waals surface area contributed by atoms with Crippen LogP contribution in [0.5, 0.6) is 0 Å². The molecule has 0 bridgehead atoms. The number of hydrazone groups is 1. The highest BCUT2D eigenvalue weighted by molar-refractivity contribution is 7.89. The molecule has 10 heteroatoms. The first-order valence-corrected chi connectivity index (χ1v) is 10.1. The number of hydrazine groups is 2. The molecule has 0 radical (unpaired) electrons. The molecule has 2 aliphatic heterocycles. The van der Waals surface area contributed by atoms with Crippen LogP contribution in [-0.4, -0.2) is 32.5 Å². The van der Waals surface area contributed by atoms with Gasteiger partial charge in [0.1, 0.15) is 0 Å². The number of ether oxygens (including phenoxy) is 1. The predicted octanol–water partition coefficient (Wildman–Crippen LogP) is 0.564. The van der Waals surface area contributed by atoms with E-state index < -0.39 is 10.0 Å². The first-order valence-electron chi connectivity index (χ1n) is 8.58. The lowest BCUT2D eigenvalue weighted by Gasteiger charge is -2.22. The Labute approximate surface area is 157 Å². The van der Waals surface area contributed by atoms with Crippen LogP contribution in [0.1, 0.15) is 29.9 Å². The van der Waals surface area contributed by atoms with Crippen molar-refractivity contribution in [2.45, 2.75) is 23.8 Å². The van der Waals surface area contributed by atoms with Crippen LogP contribution in [0.3, 0.4) is 0 Å². The van der Waals surface area contributed by atoms with Gasteiger partial charge in [0.2, 0.25) is 0 Å². The molecule has 9 nitrogen and oxygen atoms in total. The third-order valence-corrected chi connectivity index (χ3v) is 5.59. The fraction of sp³-hybridized carbons (Fsp3) is 0.294. The summed E-state index contributed by atoms with van der Waals surface area (Å²) in [5.41, 5.74) is 11.0. The summed E-state index contributed by atoms with van der Waals surface area (Å²) in [5.74, 6) is 0.787. The average molecular weight is 388 g/mol. The fourth-order valence-corrected chi connectivity index (χ4v) is 4.11. The minimum absolute atomic E-state index is 0.231. The first kappa shape index (κ1) is 17.9. The van der Waals surface area contributed by atoms with Crippen LogP contribution in [0.25, 0.3) is 11.1 Å². The van der Waals surface area contributed by atoms with Gasteiger partial charge in [-0.3, -0.25) is 5.43 Å². The Morgan fingerprint density at radius 1 is 1.11 bits per heavy atom. The summed E-state index contributed by atoms with van der Waals surface area (Å²) in [6.07, 6.45) is 3.45. The van der Waals surface area contributed by atoms with E-state index in [1.165, 1.54) is 11.8 Å². The SMILES string of the molecule is NS(=O)(=O)c1nccc(-c2ccc(C3CCOCC3)cc2)c1C1=NNNN1. The monoisotopic (exact) mass is 388 g/mol. The summed E-state index contributed by atoms with van der Waals surface area (Å²) in [6, 6.07) is 9.86. The maximum Gasteiger partial charge on any atom is 0.256 e. The zero-order valence-corrected chi connectivity index (χ0v) is 15.3. The van der Waals surface area contributed by atoms with Crippen molar-refractivity contribution in [1.29, 1.82) is 0 Å². The van der Waals surface area contributed by atoms with Crippen LogP contribution < -0.4 is 21.6 Å². The van der Waals surface area contributed by atoms with Crippen molar-refractivity contribution in [1.82, 2.24) is 21.5 Å². The second-order valence-corrected chi connectivity index (χ2v) is 7.89. The van der Waals surface area contributed by atoms with Crippen LogP contribution in [0.2, 0.25) is 0 Å². The molecule has 142 valence electrons. The van der Waals surface area contributed by atoms with Crippen LogP contribution in [0, 0.1) is 0 Å². The Kier molecular flexibility index (Phi) is 4.79. The molecule has 0 amide bonds. The van der Waals surface area contributed by atoms with E-state index in [0.29, 0.717) is 22.9 Å². The molecule has 2 aliphatic rings. The maximum absolute atomic E-state index is 12.0. The van der Waals surface area contributed by atoms with Crippen LogP contribution in [-0.2, 0) is 14.8 Å². The fourth-order valence-electron chi connectivity index (χ4n) is 3.41. The summed E-state index contributed by atoms with van der Waals surface area (Å²) in [4.78, 5) is 3.97. The normalized spacial score (nSPS) is 17.9. The molecule has 0 unspecified atom stereocenters. The van der Waals surface area contributed by atoms with E-state index in [4.69, 9.17) is 9.88 Å². The Balaban J connectivity index is 1.77. The van der Waals surface area contributed by atoms with E-state index in [2.05, 4.69) is 38.7 Å². The number of aromatic nitrogens is 1. The molecule has 1 saturated heterocycles. The van der Waals surface area contributed by atoms with Gasteiger partial charge < -0.3 is 4.74 Å². The molecular weight excluding hydrogens is 368 g/mol. The summed E-state index contributed by atoms with van der Waals surface area (Å²) in [6.45, 7) is 1.56. The molecule has 0 saturated carbocycles. The predicted molar refractivity (Wildman–Crippen MR) is 99.8 cm³/mol. The number of primary sulfonamides is 1. The van der Waals surface area contributed by atoms with E-state index in [0.717, 1.165) is 31.6 Å². The molecular formula is C17H20N6O3S. The van der Waals surface area contributed by atoms with Gasteiger partial charge in [-0.1, -0.05) is 24.3 Å². The molecule has 0 spiro atoms. The number of nitrogens with one attached hydrogen (secondary N) is 3. The smallest absolute Gasteiger partial charge is 0.256 e. The van der Waals surface area contributed by atoms with Gasteiger partial charge in [-0.05, 0) is 41.5 Å². The third kappa shape index (κ3) is 3.65. The summed E-state index contributed by atoms with van der Waals surface area (Å²) >= 11 is 0. The van der Waals surface area contributed by atoms with Crippen LogP contribution in [0.4, 0.5) is 0 Å². The van der Waals surface area contributed by atoms with Crippen molar-refractivity contribution >= 4 is 15.9 Å². The van der Waals surface area contributed by atoms with Gasteiger partial charge in [0, 0.05) is 19.4 Å². The van der Waals surface area contributed by atoms with Gasteiger partial charge >= 0.3 is 0 Å². The Morgan fingerprint density at radius 3 is 2.48 bits per heavy atom. The number of benzene rings is 1. The van der Waals surface area contributed by atoms with Gasteiger partial charge in [-0.25, -0.2) is 24.1 Å². The van der Waals surface area contributed by atoms with E-state index in [1.807, 2.05) is 12.1 Å². The molecule has 1 fully saturated rings. The van der Waals surface area contributed by atoms with E-state index in [9.17, 15) is 8.42 Å².